The highest BCUT2D eigenvalue weighted by Gasteiger charge is 2.00. The number of aromatic nitrogens is 2. The maximum atomic E-state index is 8.73. The minimum atomic E-state index is 0.341. The molecular weight excluding hydrogens is 280 g/mol. The summed E-state index contributed by atoms with van der Waals surface area (Å²) in [7, 11) is 0. The number of nitrogens with zero attached hydrogens (tertiary/aromatic N) is 3. The van der Waals surface area contributed by atoms with Crippen LogP contribution in [0.1, 0.15) is 11.3 Å². The number of hydrogen-bond acceptors (Lipinski definition) is 4. The molecule has 0 unspecified atom stereocenters. The van der Waals surface area contributed by atoms with E-state index >= 15 is 0 Å². The van der Waals surface area contributed by atoms with Gasteiger partial charge in [0.1, 0.15) is 23.9 Å². The van der Waals surface area contributed by atoms with Crippen LogP contribution in [0.4, 0.5) is 11.5 Å². The van der Waals surface area contributed by atoms with Crippen LogP contribution in [0.2, 0.25) is 0 Å². The van der Waals surface area contributed by atoms with Crippen molar-refractivity contribution in [2.75, 3.05) is 5.32 Å². The number of nitrogens with one attached hydrogen (secondary N) is 1. The second kappa shape index (κ2) is 4.93. The molecule has 0 bridgehead atoms. The summed E-state index contributed by atoms with van der Waals surface area (Å²) in [5, 5.41) is 11.8. The lowest BCUT2D eigenvalue weighted by atomic mass is 10.2. The van der Waals surface area contributed by atoms with E-state index in [0.717, 1.165) is 15.7 Å². The quantitative estimate of drug-likeness (QED) is 0.922. The molecule has 4 nitrogen and oxygen atoms in total. The number of nitriles is 1. The average molecular weight is 289 g/mol. The Bertz CT molecular complexity index is 589. The summed E-state index contributed by atoms with van der Waals surface area (Å²) in [5.41, 5.74) is 2.41. The van der Waals surface area contributed by atoms with E-state index in [1.807, 2.05) is 31.2 Å². The summed E-state index contributed by atoms with van der Waals surface area (Å²) in [6, 6.07) is 9.49. The van der Waals surface area contributed by atoms with Crippen molar-refractivity contribution >= 4 is 27.4 Å². The van der Waals surface area contributed by atoms with Crippen molar-refractivity contribution in [1.29, 1.82) is 5.26 Å². The molecule has 0 aliphatic heterocycles. The van der Waals surface area contributed by atoms with Crippen molar-refractivity contribution < 1.29 is 0 Å². The zero-order chi connectivity index (χ0) is 12.3. The van der Waals surface area contributed by atoms with Gasteiger partial charge in [-0.1, -0.05) is 22.0 Å². The van der Waals surface area contributed by atoms with E-state index in [0.29, 0.717) is 11.5 Å². The zero-order valence-corrected chi connectivity index (χ0v) is 10.7. The van der Waals surface area contributed by atoms with Crippen LogP contribution in [0.15, 0.2) is 35.1 Å². The van der Waals surface area contributed by atoms with Gasteiger partial charge in [-0.05, 0) is 24.6 Å². The standard InChI is InChI=1S/C12H9BrN4/c1-8-2-3-9(4-11(8)13)17-12-5-10(6-14)15-7-16-12/h2-5,7H,1H3,(H,15,16,17). The number of anilines is 2. The third kappa shape index (κ3) is 2.80. The summed E-state index contributed by atoms with van der Waals surface area (Å²) in [4.78, 5) is 7.86. The number of hydrogen-bond donors (Lipinski definition) is 1. The Balaban J connectivity index is 2.25. The van der Waals surface area contributed by atoms with Crippen LogP contribution in [-0.2, 0) is 0 Å². The molecule has 17 heavy (non-hydrogen) atoms. The third-order valence-electron chi connectivity index (χ3n) is 2.23. The van der Waals surface area contributed by atoms with Gasteiger partial charge in [0.2, 0.25) is 0 Å². The van der Waals surface area contributed by atoms with Crippen LogP contribution in [-0.4, -0.2) is 9.97 Å². The van der Waals surface area contributed by atoms with E-state index in [4.69, 9.17) is 5.26 Å². The molecular formula is C12H9BrN4. The Hall–Kier alpha value is -1.93. The molecule has 0 spiro atoms. The predicted octanol–water partition coefficient (Wildman–Crippen LogP) is 3.16. The van der Waals surface area contributed by atoms with E-state index in [9.17, 15) is 0 Å². The van der Waals surface area contributed by atoms with Crippen LogP contribution in [0.25, 0.3) is 0 Å². The Labute approximate surface area is 107 Å². The summed E-state index contributed by atoms with van der Waals surface area (Å²) >= 11 is 3.46. The van der Waals surface area contributed by atoms with Gasteiger partial charge in [0.15, 0.2) is 0 Å². The van der Waals surface area contributed by atoms with E-state index in [-0.39, 0.29) is 0 Å². The lowest BCUT2D eigenvalue weighted by Crippen LogP contribution is -1.95. The first-order valence-electron chi connectivity index (χ1n) is 4.94. The molecule has 0 atom stereocenters. The third-order valence-corrected chi connectivity index (χ3v) is 3.08. The second-order valence-electron chi connectivity index (χ2n) is 3.49. The first-order valence-corrected chi connectivity index (χ1v) is 5.73. The molecule has 84 valence electrons. The van der Waals surface area contributed by atoms with Gasteiger partial charge in [0, 0.05) is 16.2 Å². The van der Waals surface area contributed by atoms with E-state index in [2.05, 4.69) is 31.2 Å². The van der Waals surface area contributed by atoms with Gasteiger partial charge >= 0.3 is 0 Å². The first-order chi connectivity index (χ1) is 8.19. The largest absolute Gasteiger partial charge is 0.340 e. The van der Waals surface area contributed by atoms with Crippen molar-refractivity contribution in [3.05, 3.63) is 46.3 Å². The van der Waals surface area contributed by atoms with Crippen molar-refractivity contribution in [3.8, 4) is 6.07 Å². The summed E-state index contributed by atoms with van der Waals surface area (Å²) in [6.07, 6.45) is 1.37. The van der Waals surface area contributed by atoms with Crippen LogP contribution < -0.4 is 5.32 Å². The van der Waals surface area contributed by atoms with Crippen molar-refractivity contribution in [1.82, 2.24) is 9.97 Å². The molecule has 0 aliphatic carbocycles. The lowest BCUT2D eigenvalue weighted by Gasteiger charge is -2.06. The monoisotopic (exact) mass is 288 g/mol. The van der Waals surface area contributed by atoms with Gasteiger partial charge in [-0.25, -0.2) is 9.97 Å². The van der Waals surface area contributed by atoms with Gasteiger partial charge in [0.25, 0.3) is 0 Å². The van der Waals surface area contributed by atoms with Gasteiger partial charge in [-0.2, -0.15) is 5.26 Å². The summed E-state index contributed by atoms with van der Waals surface area (Å²) < 4.78 is 1.03. The maximum absolute atomic E-state index is 8.73. The minimum Gasteiger partial charge on any atom is -0.340 e. The number of benzene rings is 1. The van der Waals surface area contributed by atoms with E-state index in [1.165, 1.54) is 6.33 Å². The number of rotatable bonds is 2. The van der Waals surface area contributed by atoms with Crippen LogP contribution in [0.3, 0.4) is 0 Å². The number of halogens is 1. The topological polar surface area (TPSA) is 61.6 Å². The van der Waals surface area contributed by atoms with Crippen LogP contribution >= 0.6 is 15.9 Å². The molecule has 2 aromatic rings. The fourth-order valence-electron chi connectivity index (χ4n) is 1.31. The highest BCUT2D eigenvalue weighted by molar-refractivity contribution is 9.10. The highest BCUT2D eigenvalue weighted by atomic mass is 79.9. The van der Waals surface area contributed by atoms with Gasteiger partial charge in [-0.15, -0.1) is 0 Å². The molecule has 1 N–H and O–H groups in total. The molecule has 1 aromatic heterocycles. The Morgan fingerprint density at radius 3 is 2.82 bits per heavy atom. The second-order valence-corrected chi connectivity index (χ2v) is 4.34. The molecule has 0 fully saturated rings. The van der Waals surface area contributed by atoms with Crippen LogP contribution in [0, 0.1) is 18.3 Å². The molecule has 0 saturated heterocycles. The summed E-state index contributed by atoms with van der Waals surface area (Å²) in [6.45, 7) is 2.02. The van der Waals surface area contributed by atoms with Gasteiger partial charge < -0.3 is 5.32 Å². The normalized spacial score (nSPS) is 9.71. The first kappa shape index (κ1) is 11.6. The Morgan fingerprint density at radius 2 is 2.12 bits per heavy atom. The highest BCUT2D eigenvalue weighted by Crippen LogP contribution is 2.22. The summed E-state index contributed by atoms with van der Waals surface area (Å²) in [5.74, 6) is 0.604. The zero-order valence-electron chi connectivity index (χ0n) is 9.11. The van der Waals surface area contributed by atoms with Gasteiger partial charge in [0.05, 0.1) is 0 Å². The minimum absolute atomic E-state index is 0.341. The Kier molecular flexibility index (Phi) is 3.35. The fraction of sp³-hybridized carbons (Fsp3) is 0.0833. The van der Waals surface area contributed by atoms with Crippen LogP contribution in [0.5, 0.6) is 0 Å². The lowest BCUT2D eigenvalue weighted by molar-refractivity contribution is 1.14. The smallest absolute Gasteiger partial charge is 0.145 e. The molecule has 2 rings (SSSR count). The average Bonchev–Trinajstić information content (AvgIpc) is 2.34. The Morgan fingerprint density at radius 1 is 1.29 bits per heavy atom. The van der Waals surface area contributed by atoms with Crippen molar-refractivity contribution in [3.63, 3.8) is 0 Å². The molecule has 0 aliphatic rings. The van der Waals surface area contributed by atoms with Crippen molar-refractivity contribution in [2.24, 2.45) is 0 Å². The van der Waals surface area contributed by atoms with E-state index in [1.54, 1.807) is 6.07 Å². The molecule has 1 heterocycles. The molecule has 1 aromatic carbocycles. The molecule has 0 saturated carbocycles. The van der Waals surface area contributed by atoms with Gasteiger partial charge in [-0.3, -0.25) is 0 Å². The number of aryl methyl sites for hydroxylation is 1. The molecule has 5 heteroatoms. The van der Waals surface area contributed by atoms with Crippen molar-refractivity contribution in [2.45, 2.75) is 6.92 Å². The fourth-order valence-corrected chi connectivity index (χ4v) is 1.68. The maximum Gasteiger partial charge on any atom is 0.145 e. The predicted molar refractivity (Wildman–Crippen MR) is 68.9 cm³/mol. The SMILES string of the molecule is Cc1ccc(Nc2cc(C#N)ncn2)cc1Br. The molecule has 0 radical (unpaired) electrons. The van der Waals surface area contributed by atoms with E-state index < -0.39 is 0 Å². The molecule has 0 amide bonds.